The largest absolute Gasteiger partial charge is 0.491 e. The summed E-state index contributed by atoms with van der Waals surface area (Å²) in [4.78, 5) is 29.6. The Bertz CT molecular complexity index is 775. The summed E-state index contributed by atoms with van der Waals surface area (Å²) in [5.74, 6) is 0.843. The fourth-order valence-electron chi connectivity index (χ4n) is 3.35. The molecule has 5 nitrogen and oxygen atoms in total. The molecule has 2 amide bonds. The van der Waals surface area contributed by atoms with Crippen LogP contribution in [0.15, 0.2) is 41.8 Å². The summed E-state index contributed by atoms with van der Waals surface area (Å²) in [5.41, 5.74) is 1.08. The van der Waals surface area contributed by atoms with E-state index in [1.54, 1.807) is 4.90 Å². The van der Waals surface area contributed by atoms with Crippen LogP contribution in [0.2, 0.25) is 0 Å². The quantitative estimate of drug-likeness (QED) is 0.764. The topological polar surface area (TPSA) is 49.9 Å². The van der Waals surface area contributed by atoms with Gasteiger partial charge < -0.3 is 14.5 Å². The first-order valence-corrected chi connectivity index (χ1v) is 10.2. The zero-order chi connectivity index (χ0) is 19.2. The van der Waals surface area contributed by atoms with Crippen LogP contribution in [0, 0.1) is 12.8 Å². The van der Waals surface area contributed by atoms with Gasteiger partial charge in [0.2, 0.25) is 5.91 Å². The molecule has 0 spiro atoms. The minimum atomic E-state index is -0.133. The number of benzene rings is 1. The van der Waals surface area contributed by atoms with Crippen molar-refractivity contribution in [1.29, 1.82) is 0 Å². The molecule has 1 aliphatic rings. The molecule has 1 aliphatic heterocycles. The van der Waals surface area contributed by atoms with Gasteiger partial charge >= 0.3 is 0 Å². The second kappa shape index (κ2) is 9.04. The van der Waals surface area contributed by atoms with Crippen molar-refractivity contribution < 1.29 is 14.3 Å². The molecule has 1 fully saturated rings. The van der Waals surface area contributed by atoms with Crippen molar-refractivity contribution in [2.75, 3.05) is 33.3 Å². The lowest BCUT2D eigenvalue weighted by Crippen LogP contribution is -2.46. The molecular formula is C21H26N2O3S. The minimum Gasteiger partial charge on any atom is -0.491 e. The fraction of sp³-hybridized carbons (Fsp3) is 0.429. The molecule has 0 radical (unpaired) electrons. The van der Waals surface area contributed by atoms with Gasteiger partial charge in [-0.05, 0) is 42.8 Å². The number of nitrogens with zero attached hydrogens (tertiary/aromatic N) is 2. The number of thiophene rings is 1. The monoisotopic (exact) mass is 386 g/mol. The van der Waals surface area contributed by atoms with Crippen molar-refractivity contribution in [3.05, 3.63) is 52.2 Å². The van der Waals surface area contributed by atoms with E-state index in [1.165, 1.54) is 11.3 Å². The molecule has 0 unspecified atom stereocenters. The highest BCUT2D eigenvalue weighted by atomic mass is 32.1. The third kappa shape index (κ3) is 4.89. The number of ether oxygens (including phenoxy) is 1. The summed E-state index contributed by atoms with van der Waals surface area (Å²) in [7, 11) is 1.81. The van der Waals surface area contributed by atoms with Gasteiger partial charge in [-0.3, -0.25) is 9.59 Å². The van der Waals surface area contributed by atoms with Crippen molar-refractivity contribution in [2.24, 2.45) is 5.92 Å². The second-order valence-electron chi connectivity index (χ2n) is 6.94. The van der Waals surface area contributed by atoms with Crippen LogP contribution in [0.5, 0.6) is 5.75 Å². The minimum absolute atomic E-state index is 0.0352. The average Bonchev–Trinajstić information content (AvgIpc) is 3.23. The Hall–Kier alpha value is -2.34. The highest BCUT2D eigenvalue weighted by molar-refractivity contribution is 7.12. The summed E-state index contributed by atoms with van der Waals surface area (Å²) in [5, 5.41) is 1.90. The Morgan fingerprint density at radius 2 is 2.07 bits per heavy atom. The Labute approximate surface area is 164 Å². The van der Waals surface area contributed by atoms with Crippen LogP contribution in [-0.2, 0) is 4.79 Å². The standard InChI is InChI=1S/C21H26N2O3S/c1-16-7-3-4-9-18(16)26-13-12-22(2)20(24)17-8-5-11-23(15-17)21(25)19-10-6-14-27-19/h3-4,6-7,9-10,14,17H,5,8,11-13,15H2,1-2H3/t17-/m1/s1. The molecule has 6 heteroatoms. The summed E-state index contributed by atoms with van der Waals surface area (Å²) < 4.78 is 5.80. The van der Waals surface area contributed by atoms with E-state index >= 15 is 0 Å². The van der Waals surface area contributed by atoms with Crippen LogP contribution >= 0.6 is 11.3 Å². The molecular weight excluding hydrogens is 360 g/mol. The number of amides is 2. The number of likely N-dealkylation sites (tertiary alicyclic amines) is 1. The Morgan fingerprint density at radius 1 is 1.26 bits per heavy atom. The van der Waals surface area contributed by atoms with Gasteiger partial charge in [0.1, 0.15) is 12.4 Å². The predicted molar refractivity (Wildman–Crippen MR) is 107 cm³/mol. The van der Waals surface area contributed by atoms with E-state index in [2.05, 4.69) is 0 Å². The molecule has 1 aromatic heterocycles. The van der Waals surface area contributed by atoms with E-state index in [1.807, 2.05) is 60.6 Å². The number of rotatable bonds is 6. The van der Waals surface area contributed by atoms with Gasteiger partial charge in [-0.2, -0.15) is 0 Å². The Balaban J connectivity index is 1.50. The lowest BCUT2D eigenvalue weighted by atomic mass is 9.96. The SMILES string of the molecule is Cc1ccccc1OCCN(C)C(=O)[C@@H]1CCCN(C(=O)c2cccs2)C1. The molecule has 2 aromatic rings. The van der Waals surface area contributed by atoms with E-state index in [0.717, 1.165) is 35.6 Å². The summed E-state index contributed by atoms with van der Waals surface area (Å²) in [6.45, 7) is 4.21. The molecule has 27 heavy (non-hydrogen) atoms. The molecule has 144 valence electrons. The van der Waals surface area contributed by atoms with Gasteiger partial charge in [0.05, 0.1) is 17.3 Å². The first-order chi connectivity index (χ1) is 13.1. The van der Waals surface area contributed by atoms with Crippen LogP contribution in [0.3, 0.4) is 0 Å². The summed E-state index contributed by atoms with van der Waals surface area (Å²) in [6, 6.07) is 11.6. The number of piperidine rings is 1. The van der Waals surface area contributed by atoms with E-state index < -0.39 is 0 Å². The van der Waals surface area contributed by atoms with Gasteiger partial charge in [0, 0.05) is 20.1 Å². The lowest BCUT2D eigenvalue weighted by molar-refractivity contribution is -0.135. The first kappa shape index (κ1) is 19.4. The molecule has 0 N–H and O–H groups in total. The van der Waals surface area contributed by atoms with Crippen LogP contribution in [0.25, 0.3) is 0 Å². The number of para-hydroxylation sites is 1. The average molecular weight is 387 g/mol. The van der Waals surface area contributed by atoms with Crippen LogP contribution < -0.4 is 4.74 Å². The maximum absolute atomic E-state index is 12.8. The highest BCUT2D eigenvalue weighted by Crippen LogP contribution is 2.22. The first-order valence-electron chi connectivity index (χ1n) is 9.32. The van der Waals surface area contributed by atoms with E-state index in [9.17, 15) is 9.59 Å². The second-order valence-corrected chi connectivity index (χ2v) is 7.89. The molecule has 1 atom stereocenters. The number of likely N-dealkylation sites (N-methyl/N-ethyl adjacent to an activating group) is 1. The van der Waals surface area contributed by atoms with Crippen molar-refractivity contribution in [1.82, 2.24) is 9.80 Å². The third-order valence-corrected chi connectivity index (χ3v) is 5.80. The fourth-order valence-corrected chi connectivity index (χ4v) is 4.04. The van der Waals surface area contributed by atoms with Gasteiger partial charge in [0.15, 0.2) is 0 Å². The molecule has 1 saturated heterocycles. The van der Waals surface area contributed by atoms with Crippen molar-refractivity contribution in [3.8, 4) is 5.75 Å². The summed E-state index contributed by atoms with van der Waals surface area (Å²) >= 11 is 1.45. The van der Waals surface area contributed by atoms with Gasteiger partial charge in [-0.25, -0.2) is 0 Å². The summed E-state index contributed by atoms with van der Waals surface area (Å²) in [6.07, 6.45) is 1.69. The van der Waals surface area contributed by atoms with Gasteiger partial charge in [0.25, 0.3) is 5.91 Å². The van der Waals surface area contributed by atoms with Crippen LogP contribution in [0.1, 0.15) is 28.1 Å². The zero-order valence-electron chi connectivity index (χ0n) is 15.9. The van der Waals surface area contributed by atoms with E-state index in [4.69, 9.17) is 4.74 Å². The van der Waals surface area contributed by atoms with E-state index in [-0.39, 0.29) is 17.7 Å². The molecule has 0 aliphatic carbocycles. The number of carbonyl (C=O) groups excluding carboxylic acids is 2. The molecule has 0 saturated carbocycles. The van der Waals surface area contributed by atoms with Crippen LogP contribution in [-0.4, -0.2) is 54.9 Å². The number of hydrogen-bond acceptors (Lipinski definition) is 4. The van der Waals surface area contributed by atoms with Crippen molar-refractivity contribution >= 4 is 23.2 Å². The Kier molecular flexibility index (Phi) is 6.50. The van der Waals surface area contributed by atoms with Crippen LogP contribution in [0.4, 0.5) is 0 Å². The van der Waals surface area contributed by atoms with E-state index in [0.29, 0.717) is 19.7 Å². The number of aryl methyl sites for hydroxylation is 1. The lowest BCUT2D eigenvalue weighted by Gasteiger charge is -2.33. The molecule has 3 rings (SSSR count). The smallest absolute Gasteiger partial charge is 0.263 e. The Morgan fingerprint density at radius 3 is 2.81 bits per heavy atom. The molecule has 1 aromatic carbocycles. The predicted octanol–water partition coefficient (Wildman–Crippen LogP) is 3.45. The zero-order valence-corrected chi connectivity index (χ0v) is 16.7. The van der Waals surface area contributed by atoms with Crippen molar-refractivity contribution in [2.45, 2.75) is 19.8 Å². The highest BCUT2D eigenvalue weighted by Gasteiger charge is 2.30. The van der Waals surface area contributed by atoms with Gasteiger partial charge in [-0.1, -0.05) is 24.3 Å². The number of hydrogen-bond donors (Lipinski definition) is 0. The molecule has 0 bridgehead atoms. The third-order valence-electron chi connectivity index (χ3n) is 4.94. The number of carbonyl (C=O) groups is 2. The molecule has 2 heterocycles. The maximum Gasteiger partial charge on any atom is 0.263 e. The van der Waals surface area contributed by atoms with Gasteiger partial charge in [-0.15, -0.1) is 11.3 Å². The normalized spacial score (nSPS) is 16.8. The van der Waals surface area contributed by atoms with Crippen molar-refractivity contribution in [3.63, 3.8) is 0 Å². The maximum atomic E-state index is 12.8.